The molecule has 0 saturated carbocycles. The third kappa shape index (κ3) is 4.54. The number of methoxy groups -OCH3 is 1. The van der Waals surface area contributed by atoms with E-state index >= 15 is 0 Å². The van der Waals surface area contributed by atoms with Crippen molar-refractivity contribution in [3.63, 3.8) is 0 Å². The summed E-state index contributed by atoms with van der Waals surface area (Å²) in [6.45, 7) is 0. The number of ether oxygens (including phenoxy) is 3. The second kappa shape index (κ2) is 9.31. The van der Waals surface area contributed by atoms with Gasteiger partial charge in [0.1, 0.15) is 58.4 Å². The van der Waals surface area contributed by atoms with Crippen LogP contribution in [0.5, 0.6) is 17.2 Å². The summed E-state index contributed by atoms with van der Waals surface area (Å²) >= 11 is 0. The van der Waals surface area contributed by atoms with Gasteiger partial charge >= 0.3 is 5.97 Å². The number of aliphatic hydroxyl groups excluding tert-OH is 3. The summed E-state index contributed by atoms with van der Waals surface area (Å²) < 4.78 is 21.3. The van der Waals surface area contributed by atoms with Gasteiger partial charge in [-0.3, -0.25) is 9.59 Å². The van der Waals surface area contributed by atoms with Crippen LogP contribution in [0.1, 0.15) is 6.42 Å². The molecule has 2 aromatic carbocycles. The van der Waals surface area contributed by atoms with Gasteiger partial charge in [0.05, 0.1) is 13.5 Å². The maximum Gasteiger partial charge on any atom is 0.308 e. The molecule has 0 radical (unpaired) electrons. The van der Waals surface area contributed by atoms with Crippen molar-refractivity contribution in [2.24, 2.45) is 0 Å². The number of fused-ring (bicyclic) bond motifs is 1. The Labute approximate surface area is 192 Å². The van der Waals surface area contributed by atoms with E-state index in [1.165, 1.54) is 24.3 Å². The zero-order valence-corrected chi connectivity index (χ0v) is 17.8. The van der Waals surface area contributed by atoms with Crippen LogP contribution in [0.2, 0.25) is 0 Å². The smallest absolute Gasteiger partial charge is 0.308 e. The molecule has 4 rings (SSSR count). The van der Waals surface area contributed by atoms with Crippen LogP contribution in [0, 0.1) is 0 Å². The summed E-state index contributed by atoms with van der Waals surface area (Å²) in [7, 11) is 1.15. The molecule has 3 aromatic rings. The molecular weight excluding hydrogens is 452 g/mol. The summed E-state index contributed by atoms with van der Waals surface area (Å²) in [6.07, 6.45) is -8.14. The molecule has 2 heterocycles. The maximum absolute atomic E-state index is 12.6. The van der Waals surface area contributed by atoms with E-state index in [0.29, 0.717) is 5.56 Å². The fraction of sp³-hybridized carbons (Fsp3) is 0.304. The zero-order valence-electron chi connectivity index (χ0n) is 17.8. The van der Waals surface area contributed by atoms with Crippen LogP contribution in [-0.2, 0) is 14.3 Å². The van der Waals surface area contributed by atoms with Gasteiger partial charge in [0, 0.05) is 23.8 Å². The number of esters is 1. The highest BCUT2D eigenvalue weighted by Gasteiger charge is 2.45. The molecule has 11 heteroatoms. The first-order valence-corrected chi connectivity index (χ1v) is 10.2. The minimum atomic E-state index is -1.70. The molecule has 1 fully saturated rings. The highest BCUT2D eigenvalue weighted by molar-refractivity contribution is 5.86. The van der Waals surface area contributed by atoms with E-state index < -0.39 is 54.3 Å². The Balaban J connectivity index is 1.66. The van der Waals surface area contributed by atoms with Gasteiger partial charge in [-0.25, -0.2) is 0 Å². The molecule has 0 spiro atoms. The van der Waals surface area contributed by atoms with Crippen molar-refractivity contribution in [3.8, 4) is 28.6 Å². The van der Waals surface area contributed by atoms with Gasteiger partial charge in [-0.1, -0.05) is 0 Å². The van der Waals surface area contributed by atoms with E-state index in [1.54, 1.807) is 12.1 Å². The normalized spacial score (nSPS) is 24.6. The van der Waals surface area contributed by atoms with Crippen LogP contribution in [0.4, 0.5) is 0 Å². The van der Waals surface area contributed by atoms with Crippen molar-refractivity contribution in [1.29, 1.82) is 0 Å². The quantitative estimate of drug-likeness (QED) is 0.328. The number of phenolic OH excluding ortho intramolecular Hbond substituents is 2. The molecular formula is C23H22O11. The van der Waals surface area contributed by atoms with Gasteiger partial charge in [-0.2, -0.15) is 0 Å². The topological polar surface area (TPSA) is 176 Å². The van der Waals surface area contributed by atoms with E-state index in [9.17, 15) is 35.1 Å². The lowest BCUT2D eigenvalue weighted by atomic mass is 9.97. The van der Waals surface area contributed by atoms with Gasteiger partial charge in [-0.05, 0) is 24.3 Å². The summed E-state index contributed by atoms with van der Waals surface area (Å²) in [6, 6.07) is 9.50. The fourth-order valence-corrected chi connectivity index (χ4v) is 3.64. The van der Waals surface area contributed by atoms with E-state index in [0.717, 1.165) is 13.2 Å². The first-order chi connectivity index (χ1) is 16.2. The molecule has 34 heavy (non-hydrogen) atoms. The van der Waals surface area contributed by atoms with E-state index in [1.807, 2.05) is 0 Å². The van der Waals surface area contributed by atoms with Crippen molar-refractivity contribution in [3.05, 3.63) is 52.7 Å². The van der Waals surface area contributed by atoms with Crippen molar-refractivity contribution in [2.75, 3.05) is 7.11 Å². The zero-order chi connectivity index (χ0) is 24.6. The highest BCUT2D eigenvalue weighted by Crippen LogP contribution is 2.33. The van der Waals surface area contributed by atoms with E-state index in [-0.39, 0.29) is 28.2 Å². The van der Waals surface area contributed by atoms with Crippen molar-refractivity contribution < 1.29 is 49.0 Å². The molecule has 0 amide bonds. The van der Waals surface area contributed by atoms with Crippen LogP contribution >= 0.6 is 0 Å². The summed E-state index contributed by atoms with van der Waals surface area (Å²) in [5, 5.41) is 50.3. The minimum absolute atomic E-state index is 0.0315. The Morgan fingerprint density at radius 3 is 2.38 bits per heavy atom. The second-order valence-corrected chi connectivity index (χ2v) is 7.75. The fourth-order valence-electron chi connectivity index (χ4n) is 3.64. The van der Waals surface area contributed by atoms with Gasteiger partial charge in [-0.15, -0.1) is 0 Å². The predicted octanol–water partition coefficient (Wildman–Crippen LogP) is 0.621. The Kier molecular flexibility index (Phi) is 6.44. The molecule has 5 atom stereocenters. The van der Waals surface area contributed by atoms with Crippen LogP contribution in [0.25, 0.3) is 22.3 Å². The van der Waals surface area contributed by atoms with Crippen molar-refractivity contribution in [1.82, 2.24) is 0 Å². The third-order valence-corrected chi connectivity index (χ3v) is 5.45. The van der Waals surface area contributed by atoms with E-state index in [2.05, 4.69) is 4.74 Å². The highest BCUT2D eigenvalue weighted by atomic mass is 16.7. The maximum atomic E-state index is 12.6. The molecule has 5 N–H and O–H groups in total. The first kappa shape index (κ1) is 23.5. The molecule has 1 aromatic heterocycles. The average molecular weight is 474 g/mol. The Hall–Kier alpha value is -3.64. The SMILES string of the molecule is COC(=O)C[C@H]1O[C@@H](Oc2cc(O)c3c(=O)cc(-c4ccc(O)cc4)oc3c2)[C@H](O)[C@@H](O)[C@@H]1O. The van der Waals surface area contributed by atoms with Crippen molar-refractivity contribution >= 4 is 16.9 Å². The van der Waals surface area contributed by atoms with Crippen LogP contribution in [-0.4, -0.2) is 69.3 Å². The second-order valence-electron chi connectivity index (χ2n) is 7.75. The van der Waals surface area contributed by atoms with Crippen LogP contribution < -0.4 is 10.2 Å². The monoisotopic (exact) mass is 474 g/mol. The number of aromatic hydroxyl groups is 2. The first-order valence-electron chi connectivity index (χ1n) is 10.2. The number of benzene rings is 2. The number of aliphatic hydroxyl groups is 3. The molecule has 0 bridgehead atoms. The van der Waals surface area contributed by atoms with Crippen molar-refractivity contribution in [2.45, 2.75) is 37.1 Å². The largest absolute Gasteiger partial charge is 0.508 e. The molecule has 0 aliphatic carbocycles. The molecule has 11 nitrogen and oxygen atoms in total. The molecule has 1 aliphatic rings. The van der Waals surface area contributed by atoms with Gasteiger partial charge in [0.25, 0.3) is 0 Å². The third-order valence-electron chi connectivity index (χ3n) is 5.45. The Bertz CT molecular complexity index is 1250. The summed E-state index contributed by atoms with van der Waals surface area (Å²) in [4.78, 5) is 24.2. The Morgan fingerprint density at radius 2 is 1.71 bits per heavy atom. The number of phenols is 2. The summed E-state index contributed by atoms with van der Waals surface area (Å²) in [5.74, 6) is -1.06. The average Bonchev–Trinajstić information content (AvgIpc) is 2.80. The van der Waals surface area contributed by atoms with Crippen LogP contribution in [0.3, 0.4) is 0 Å². The number of carbonyl (C=O) groups is 1. The number of hydrogen-bond donors (Lipinski definition) is 5. The number of carbonyl (C=O) groups excluding carboxylic acids is 1. The Morgan fingerprint density at radius 1 is 1.00 bits per heavy atom. The van der Waals surface area contributed by atoms with Gasteiger partial charge in [0.15, 0.2) is 5.43 Å². The lowest BCUT2D eigenvalue weighted by Crippen LogP contribution is -2.59. The minimum Gasteiger partial charge on any atom is -0.508 e. The lowest BCUT2D eigenvalue weighted by Gasteiger charge is -2.39. The number of hydrogen-bond acceptors (Lipinski definition) is 11. The number of rotatable bonds is 5. The molecule has 1 aliphatic heterocycles. The van der Waals surface area contributed by atoms with Gasteiger partial charge in [0.2, 0.25) is 6.29 Å². The standard InChI is InChI=1S/C23H22O11/c1-31-18(27)9-17-20(28)21(29)22(30)23(34-17)32-12-6-13(25)19-14(26)8-15(33-16(19)7-12)10-2-4-11(24)5-3-10/h2-8,17,20-25,28-30H,9H2,1H3/t17-,20-,21+,22-,23-/m1/s1. The predicted molar refractivity (Wildman–Crippen MR) is 115 cm³/mol. The lowest BCUT2D eigenvalue weighted by molar-refractivity contribution is -0.273. The van der Waals surface area contributed by atoms with E-state index in [4.69, 9.17) is 13.9 Å². The van der Waals surface area contributed by atoms with Crippen LogP contribution in [0.15, 0.2) is 51.7 Å². The molecule has 0 unspecified atom stereocenters. The molecule has 1 saturated heterocycles. The van der Waals surface area contributed by atoms with Gasteiger partial charge < -0.3 is 44.2 Å². The summed E-state index contributed by atoms with van der Waals surface area (Å²) in [5.41, 5.74) is -0.0713. The molecule has 180 valence electrons.